The lowest BCUT2D eigenvalue weighted by molar-refractivity contribution is 0.227. The second-order valence-corrected chi connectivity index (χ2v) is 4.17. The quantitative estimate of drug-likeness (QED) is 0.604. The first-order valence-electron chi connectivity index (χ1n) is 5.07. The fourth-order valence-electron chi connectivity index (χ4n) is 2.21. The van der Waals surface area contributed by atoms with E-state index < -0.39 is 0 Å². The summed E-state index contributed by atoms with van der Waals surface area (Å²) < 4.78 is 0. The van der Waals surface area contributed by atoms with Gasteiger partial charge in [0, 0.05) is 26.2 Å². The molecular formula is C11H18N2. The van der Waals surface area contributed by atoms with Gasteiger partial charge in [0.05, 0.1) is 0 Å². The molecule has 0 aliphatic carbocycles. The molecule has 0 saturated heterocycles. The first-order chi connectivity index (χ1) is 6.20. The predicted molar refractivity (Wildman–Crippen MR) is 55.3 cm³/mol. The van der Waals surface area contributed by atoms with Crippen LogP contribution in [0.2, 0.25) is 0 Å². The molecule has 0 radical (unpaired) electrons. The van der Waals surface area contributed by atoms with Gasteiger partial charge in [-0.3, -0.25) is 0 Å². The molecular weight excluding hydrogens is 160 g/mol. The molecule has 0 N–H and O–H groups in total. The summed E-state index contributed by atoms with van der Waals surface area (Å²) in [6, 6.07) is 0.626. The molecule has 0 unspecified atom stereocenters. The van der Waals surface area contributed by atoms with Crippen molar-refractivity contribution in [2.45, 2.75) is 26.3 Å². The Kier molecular flexibility index (Phi) is 2.06. The number of allylic oxidation sites excluding steroid dienone is 1. The van der Waals surface area contributed by atoms with Gasteiger partial charge < -0.3 is 9.80 Å². The average Bonchev–Trinajstić information content (AvgIpc) is 2.49. The van der Waals surface area contributed by atoms with Crippen LogP contribution in [0, 0.1) is 0 Å². The van der Waals surface area contributed by atoms with E-state index in [2.05, 4.69) is 42.8 Å². The first-order valence-corrected chi connectivity index (χ1v) is 5.07. The molecule has 2 heteroatoms. The minimum absolute atomic E-state index is 0.626. The van der Waals surface area contributed by atoms with Crippen LogP contribution < -0.4 is 0 Å². The zero-order chi connectivity index (χ0) is 9.42. The van der Waals surface area contributed by atoms with Crippen molar-refractivity contribution in [3.8, 4) is 0 Å². The lowest BCUT2D eigenvalue weighted by atomic mass is 10.1. The van der Waals surface area contributed by atoms with Crippen molar-refractivity contribution in [1.29, 1.82) is 0 Å². The molecule has 0 bridgehead atoms. The Morgan fingerprint density at radius 2 is 2.15 bits per heavy atom. The van der Waals surface area contributed by atoms with Crippen molar-refractivity contribution in [1.82, 2.24) is 9.80 Å². The maximum Gasteiger partial charge on any atom is 0.107 e. The van der Waals surface area contributed by atoms with Gasteiger partial charge in [-0.15, -0.1) is 0 Å². The Morgan fingerprint density at radius 1 is 1.38 bits per heavy atom. The minimum atomic E-state index is 0.626. The zero-order valence-electron chi connectivity index (χ0n) is 8.75. The number of hydrogen-bond acceptors (Lipinski definition) is 2. The summed E-state index contributed by atoms with van der Waals surface area (Å²) in [5.41, 5.74) is 1.52. The fraction of sp³-hybridized carbons (Fsp3) is 0.636. The summed E-state index contributed by atoms with van der Waals surface area (Å²) in [4.78, 5) is 4.85. The SMILES string of the molecule is CC(C)N1CCC2=C1N(C)CC=C2. The monoisotopic (exact) mass is 178 g/mol. The van der Waals surface area contributed by atoms with E-state index in [-0.39, 0.29) is 0 Å². The summed E-state index contributed by atoms with van der Waals surface area (Å²) in [5.74, 6) is 1.46. The molecule has 0 aromatic carbocycles. The van der Waals surface area contributed by atoms with Crippen LogP contribution in [0.25, 0.3) is 0 Å². The molecule has 0 atom stereocenters. The number of nitrogens with zero attached hydrogens (tertiary/aromatic N) is 2. The van der Waals surface area contributed by atoms with E-state index >= 15 is 0 Å². The van der Waals surface area contributed by atoms with E-state index in [0.29, 0.717) is 6.04 Å². The summed E-state index contributed by atoms with van der Waals surface area (Å²) in [7, 11) is 2.18. The highest BCUT2D eigenvalue weighted by Crippen LogP contribution is 2.29. The number of hydrogen-bond donors (Lipinski definition) is 0. The van der Waals surface area contributed by atoms with Crippen molar-refractivity contribution in [2.24, 2.45) is 0 Å². The second kappa shape index (κ2) is 3.09. The molecule has 0 spiro atoms. The molecule has 0 fully saturated rings. The topological polar surface area (TPSA) is 6.48 Å². The van der Waals surface area contributed by atoms with Gasteiger partial charge in [0.2, 0.25) is 0 Å². The Bertz CT molecular complexity index is 263. The highest BCUT2D eigenvalue weighted by molar-refractivity contribution is 5.32. The minimum Gasteiger partial charge on any atom is -0.357 e. The van der Waals surface area contributed by atoms with Crippen molar-refractivity contribution in [2.75, 3.05) is 20.1 Å². The Labute approximate surface area is 80.5 Å². The smallest absolute Gasteiger partial charge is 0.107 e. The van der Waals surface area contributed by atoms with Gasteiger partial charge in [0.1, 0.15) is 5.82 Å². The van der Waals surface area contributed by atoms with Crippen LogP contribution in [0.1, 0.15) is 20.3 Å². The highest BCUT2D eigenvalue weighted by atomic mass is 15.3. The van der Waals surface area contributed by atoms with E-state index in [9.17, 15) is 0 Å². The van der Waals surface area contributed by atoms with Gasteiger partial charge in [-0.25, -0.2) is 0 Å². The highest BCUT2D eigenvalue weighted by Gasteiger charge is 2.26. The van der Waals surface area contributed by atoms with Crippen molar-refractivity contribution in [3.63, 3.8) is 0 Å². The van der Waals surface area contributed by atoms with E-state index in [1.165, 1.54) is 24.4 Å². The predicted octanol–water partition coefficient (Wildman–Crippen LogP) is 1.81. The normalized spacial score (nSPS) is 21.8. The standard InChI is InChI=1S/C11H18N2/c1-9(2)13-8-6-10-5-4-7-12(3)11(10)13/h4-5,9H,6-8H2,1-3H3. The van der Waals surface area contributed by atoms with Crippen LogP contribution in [0.5, 0.6) is 0 Å². The molecule has 0 amide bonds. The van der Waals surface area contributed by atoms with Crippen LogP contribution in [0.4, 0.5) is 0 Å². The largest absolute Gasteiger partial charge is 0.357 e. The first kappa shape index (κ1) is 8.67. The third-order valence-electron chi connectivity index (χ3n) is 2.86. The Balaban J connectivity index is 2.28. The molecule has 2 nitrogen and oxygen atoms in total. The maximum absolute atomic E-state index is 2.50. The van der Waals surface area contributed by atoms with Crippen LogP contribution in [-0.2, 0) is 0 Å². The molecule has 2 aliphatic rings. The third kappa shape index (κ3) is 1.34. The molecule has 13 heavy (non-hydrogen) atoms. The van der Waals surface area contributed by atoms with Gasteiger partial charge in [-0.1, -0.05) is 12.2 Å². The van der Waals surface area contributed by atoms with E-state index in [0.717, 1.165) is 6.54 Å². The molecule has 2 aliphatic heterocycles. The van der Waals surface area contributed by atoms with Crippen molar-refractivity contribution in [3.05, 3.63) is 23.5 Å². The van der Waals surface area contributed by atoms with Gasteiger partial charge in [0.15, 0.2) is 0 Å². The summed E-state index contributed by atoms with van der Waals surface area (Å²) in [5, 5.41) is 0. The average molecular weight is 178 g/mol. The van der Waals surface area contributed by atoms with Crippen molar-refractivity contribution >= 4 is 0 Å². The summed E-state index contributed by atoms with van der Waals surface area (Å²) >= 11 is 0. The maximum atomic E-state index is 2.50. The molecule has 0 saturated carbocycles. The second-order valence-electron chi connectivity index (χ2n) is 4.17. The summed E-state index contributed by atoms with van der Waals surface area (Å²) in [6.45, 7) is 6.78. The van der Waals surface area contributed by atoms with E-state index in [1.807, 2.05) is 0 Å². The van der Waals surface area contributed by atoms with Gasteiger partial charge in [-0.2, -0.15) is 0 Å². The van der Waals surface area contributed by atoms with E-state index in [1.54, 1.807) is 0 Å². The van der Waals surface area contributed by atoms with Gasteiger partial charge in [-0.05, 0) is 25.8 Å². The van der Waals surface area contributed by atoms with Crippen molar-refractivity contribution < 1.29 is 0 Å². The molecule has 72 valence electrons. The Hall–Kier alpha value is -0.920. The third-order valence-corrected chi connectivity index (χ3v) is 2.86. The Morgan fingerprint density at radius 3 is 2.85 bits per heavy atom. The molecule has 0 aromatic rings. The molecule has 0 aromatic heterocycles. The van der Waals surface area contributed by atoms with Crippen LogP contribution in [0.15, 0.2) is 23.5 Å². The summed E-state index contributed by atoms with van der Waals surface area (Å²) in [6.07, 6.45) is 5.76. The molecule has 2 rings (SSSR count). The number of likely N-dealkylation sites (N-methyl/N-ethyl adjacent to an activating group) is 1. The van der Waals surface area contributed by atoms with Crippen LogP contribution in [0.3, 0.4) is 0 Å². The van der Waals surface area contributed by atoms with E-state index in [4.69, 9.17) is 0 Å². The molecule has 2 heterocycles. The number of rotatable bonds is 1. The van der Waals surface area contributed by atoms with Crippen LogP contribution >= 0.6 is 0 Å². The lowest BCUT2D eigenvalue weighted by Crippen LogP contribution is -2.36. The van der Waals surface area contributed by atoms with Gasteiger partial charge in [0.25, 0.3) is 0 Å². The van der Waals surface area contributed by atoms with Gasteiger partial charge >= 0.3 is 0 Å². The fourth-order valence-corrected chi connectivity index (χ4v) is 2.21. The lowest BCUT2D eigenvalue weighted by Gasteiger charge is -2.34. The van der Waals surface area contributed by atoms with Crippen LogP contribution in [-0.4, -0.2) is 36.0 Å². The zero-order valence-corrected chi connectivity index (χ0v) is 8.75.